The van der Waals surface area contributed by atoms with Crippen molar-refractivity contribution >= 4 is 119 Å². The lowest BCUT2D eigenvalue weighted by atomic mass is 10.1. The SMILES string of the molecule is Cc1ccc2ncc(N3CCC(O[Si](C)(C)C(C)(C)C)CC3)cc2c1.Cn1cc(-c2ccc3n[nH]c(=S)n3c2)cn1.Cn1cc(-c2ccc3nnc(Sc4ccc5ncc(N6CCC(O)CC6)cc5c4)n3c2)cn1.Cn1cc(-c2ccc3nnc(Sc4ccc5ncc(N6CCC(O[Si](C)(C)C(C)(C)C)CC6)cc5c4)n3c2)cn1. The van der Waals surface area contributed by atoms with Crippen molar-refractivity contribution in [1.82, 2.24) is 88.1 Å². The van der Waals surface area contributed by atoms with Gasteiger partial charge < -0.3 is 28.7 Å². The molecule has 3 saturated heterocycles. The number of hydrogen-bond donors (Lipinski definition) is 2. The molecule has 12 aromatic heterocycles. The van der Waals surface area contributed by atoms with Gasteiger partial charge in [0.1, 0.15) is 0 Å². The second kappa shape index (κ2) is 33.1. The first-order valence-electron chi connectivity index (χ1n) is 39.1. The van der Waals surface area contributed by atoms with E-state index in [0.29, 0.717) is 17.0 Å². The van der Waals surface area contributed by atoms with Crippen LogP contribution in [0.2, 0.25) is 36.3 Å². The molecular formula is C85H101N21O3S3Si2. The number of aryl methyl sites for hydroxylation is 4. The molecule has 0 saturated carbocycles. The number of anilines is 3. The number of aliphatic hydroxyl groups is 1. The topological polar surface area (TPSA) is 234 Å². The van der Waals surface area contributed by atoms with Crippen molar-refractivity contribution in [3.63, 3.8) is 0 Å². The molecule has 15 heterocycles. The van der Waals surface area contributed by atoms with Crippen LogP contribution in [0.5, 0.6) is 0 Å². The average Bonchev–Trinajstić information content (AvgIpc) is 1.47. The monoisotopic (exact) mass is 1620 g/mol. The number of pyridine rings is 6. The Bertz CT molecular complexity index is 5970. The molecular weight excluding hydrogens is 1520 g/mol. The zero-order valence-electron chi connectivity index (χ0n) is 67.5. The zero-order valence-corrected chi connectivity index (χ0v) is 71.9. The maximum absolute atomic E-state index is 9.80. The van der Waals surface area contributed by atoms with Gasteiger partial charge in [0.15, 0.2) is 48.7 Å². The Morgan fingerprint density at radius 1 is 0.430 bits per heavy atom. The highest BCUT2D eigenvalue weighted by atomic mass is 32.2. The van der Waals surface area contributed by atoms with E-state index in [1.807, 2.05) is 137 Å². The molecule has 0 radical (unpaired) electrons. The van der Waals surface area contributed by atoms with Crippen molar-refractivity contribution < 1.29 is 14.0 Å². The highest BCUT2D eigenvalue weighted by Crippen LogP contribution is 2.42. The van der Waals surface area contributed by atoms with Gasteiger partial charge in [0.05, 0.1) is 76.9 Å². The Morgan fingerprint density at radius 2 is 0.798 bits per heavy atom. The predicted molar refractivity (Wildman–Crippen MR) is 466 cm³/mol. The molecule has 0 spiro atoms. The van der Waals surface area contributed by atoms with Crippen molar-refractivity contribution in [2.24, 2.45) is 21.1 Å². The smallest absolute Gasteiger partial charge is 0.200 e. The van der Waals surface area contributed by atoms with E-state index < -0.39 is 16.6 Å². The minimum atomic E-state index is -1.75. The first-order chi connectivity index (χ1) is 54.6. The number of piperidine rings is 3. The number of nitrogens with zero attached hydrogens (tertiary/aromatic N) is 20. The van der Waals surface area contributed by atoms with Crippen LogP contribution in [-0.2, 0) is 30.0 Å². The molecule has 3 fully saturated rings. The molecule has 18 rings (SSSR count). The van der Waals surface area contributed by atoms with Crippen molar-refractivity contribution in [3.05, 3.63) is 194 Å². The summed E-state index contributed by atoms with van der Waals surface area (Å²) in [6, 6.07) is 37.9. The fourth-order valence-corrected chi connectivity index (χ4v) is 18.8. The van der Waals surface area contributed by atoms with Crippen molar-refractivity contribution in [3.8, 4) is 33.4 Å². The third-order valence-corrected chi connectivity index (χ3v) is 34.0. The quantitative estimate of drug-likeness (QED) is 0.0760. The minimum absolute atomic E-state index is 0.186. The number of fused-ring (bicyclic) bond motifs is 6. The minimum Gasteiger partial charge on any atom is -0.414 e. The molecule has 3 aliphatic rings. The van der Waals surface area contributed by atoms with Gasteiger partial charge >= 0.3 is 0 Å². The molecule has 590 valence electrons. The summed E-state index contributed by atoms with van der Waals surface area (Å²) in [4.78, 5) is 23.5. The fraction of sp³-hybridized carbons (Fsp3) is 0.365. The lowest BCUT2D eigenvalue weighted by molar-refractivity contribution is 0.145. The lowest BCUT2D eigenvalue weighted by Gasteiger charge is -2.42. The molecule has 29 heteroatoms. The molecule has 15 aromatic rings. The number of rotatable bonds is 14. The molecule has 114 heavy (non-hydrogen) atoms. The first kappa shape index (κ1) is 79.3. The molecule has 3 aromatic carbocycles. The fourth-order valence-electron chi connectivity index (χ4n) is 14.1. The number of hydrogen-bond acceptors (Lipinski definition) is 20. The summed E-state index contributed by atoms with van der Waals surface area (Å²) in [5.74, 6) is 0. The van der Waals surface area contributed by atoms with Gasteiger partial charge in [0, 0.05) is 169 Å². The second-order valence-corrected chi connectivity index (χ2v) is 45.2. The van der Waals surface area contributed by atoms with Gasteiger partial charge in [0.25, 0.3) is 0 Å². The number of benzene rings is 3. The van der Waals surface area contributed by atoms with E-state index in [-0.39, 0.29) is 16.2 Å². The molecule has 2 N–H and O–H groups in total. The number of aromatic nitrogens is 18. The maximum Gasteiger partial charge on any atom is 0.200 e. The summed E-state index contributed by atoms with van der Waals surface area (Å²) in [6.07, 6.45) is 30.1. The second-order valence-electron chi connectivity index (χ2n) is 33.2. The van der Waals surface area contributed by atoms with Gasteiger partial charge in [-0.15, -0.1) is 20.4 Å². The van der Waals surface area contributed by atoms with Gasteiger partial charge in [-0.05, 0) is 221 Å². The lowest BCUT2D eigenvalue weighted by Crippen LogP contribution is -2.47. The Balaban J connectivity index is 0.000000125. The third-order valence-electron chi connectivity index (χ3n) is 22.8. The van der Waals surface area contributed by atoms with E-state index in [0.717, 1.165) is 181 Å². The summed E-state index contributed by atoms with van der Waals surface area (Å²) in [6.45, 7) is 31.2. The van der Waals surface area contributed by atoms with Crippen LogP contribution < -0.4 is 14.7 Å². The summed E-state index contributed by atoms with van der Waals surface area (Å²) >= 11 is 8.32. The van der Waals surface area contributed by atoms with Gasteiger partial charge in [-0.1, -0.05) is 53.2 Å². The van der Waals surface area contributed by atoms with Gasteiger partial charge in [-0.2, -0.15) is 20.4 Å². The van der Waals surface area contributed by atoms with Crippen molar-refractivity contribution in [1.29, 1.82) is 0 Å². The van der Waals surface area contributed by atoms with Crippen LogP contribution in [0.1, 0.15) is 85.6 Å². The molecule has 0 aliphatic carbocycles. The Labute approximate surface area is 680 Å². The van der Waals surface area contributed by atoms with Crippen LogP contribution >= 0.6 is 35.7 Å². The predicted octanol–water partition coefficient (Wildman–Crippen LogP) is 17.9. The Hall–Kier alpha value is -9.99. The number of aromatic amines is 1. The van der Waals surface area contributed by atoms with E-state index >= 15 is 0 Å². The average molecular weight is 1620 g/mol. The van der Waals surface area contributed by atoms with Crippen molar-refractivity contribution in [2.45, 2.75) is 162 Å². The molecule has 3 aliphatic heterocycles. The summed E-state index contributed by atoms with van der Waals surface area (Å²) in [5, 5.41) is 52.6. The highest BCUT2D eigenvalue weighted by Gasteiger charge is 2.41. The summed E-state index contributed by atoms with van der Waals surface area (Å²) in [5.41, 5.74) is 16.7. The molecule has 0 atom stereocenters. The van der Waals surface area contributed by atoms with E-state index in [9.17, 15) is 5.11 Å². The normalized spacial score (nSPS) is 15.1. The summed E-state index contributed by atoms with van der Waals surface area (Å²) in [7, 11) is 2.32. The van der Waals surface area contributed by atoms with Gasteiger partial charge in [-0.25, -0.2) is 0 Å². The van der Waals surface area contributed by atoms with Crippen LogP contribution in [0.25, 0.3) is 83.0 Å². The third kappa shape index (κ3) is 18.2. The summed E-state index contributed by atoms with van der Waals surface area (Å²) < 4.78 is 25.2. The van der Waals surface area contributed by atoms with E-state index in [1.54, 1.807) is 32.9 Å². The Kier molecular flexibility index (Phi) is 23.0. The number of H-pyrrole nitrogens is 1. The van der Waals surface area contributed by atoms with Crippen LogP contribution in [-0.4, -0.2) is 167 Å². The van der Waals surface area contributed by atoms with Crippen LogP contribution in [0, 0.1) is 11.7 Å². The molecule has 0 amide bonds. The van der Waals surface area contributed by atoms with Crippen LogP contribution in [0.3, 0.4) is 0 Å². The first-order valence-corrected chi connectivity index (χ1v) is 47.0. The van der Waals surface area contributed by atoms with Crippen molar-refractivity contribution in [2.75, 3.05) is 54.0 Å². The van der Waals surface area contributed by atoms with E-state index in [4.69, 9.17) is 26.1 Å². The molecule has 0 unspecified atom stereocenters. The van der Waals surface area contributed by atoms with Gasteiger partial charge in [-0.3, -0.25) is 47.3 Å². The highest BCUT2D eigenvalue weighted by molar-refractivity contribution is 7.99. The number of aliphatic hydroxyl groups excluding tert-OH is 1. The molecule has 0 bridgehead atoms. The van der Waals surface area contributed by atoms with Crippen LogP contribution in [0.15, 0.2) is 204 Å². The van der Waals surface area contributed by atoms with Crippen LogP contribution in [0.4, 0.5) is 17.1 Å². The Morgan fingerprint density at radius 3 is 1.18 bits per heavy atom. The zero-order chi connectivity index (χ0) is 79.8. The van der Waals surface area contributed by atoms with E-state index in [2.05, 4.69) is 230 Å². The standard InChI is InChI=1S/C30H37N7OSSi.C24H23N7OS.C21H32N2OSi.C10H9N5S/c1-30(2,3)40(5,6)38-25-11-13-36(14-12-25)24-15-22-16-26(8-9-27(22)31-18-24)39-29-34-33-28-10-7-21(20-37(28)29)23-17-32-35(4)19-23;1-29-14-18(12-26-29)16-2-5-23-27-28-24(31(23)15-16)33-21-3-4-22-17(11-21)10-19(13-25-22)30-8-6-20(32)7-9-30;1-16-7-8-20-17(13-16)14-18(15-22-20)23-11-9-19(10-12-23)24-25(5,6)21(2,3)4;1-14-5-8(4-11-14)7-2-3-9-12-13-10(16)15(9)6-7/h7-10,15-20,25H,11-14H2,1-6H3;2-5,10-15,20,32H,6-9H2,1H3;7-8,13-15,19H,9-12H2,1-6H3;2-6H,1H3,(H,13,16). The maximum atomic E-state index is 9.80. The number of nitrogens with one attached hydrogen (secondary N) is 1. The van der Waals surface area contributed by atoms with E-state index in [1.165, 1.54) is 22.3 Å². The largest absolute Gasteiger partial charge is 0.414 e. The molecule has 24 nitrogen and oxygen atoms in total. The van der Waals surface area contributed by atoms with Gasteiger partial charge in [0.2, 0.25) is 0 Å².